The molecule has 0 spiro atoms. The highest BCUT2D eigenvalue weighted by atomic mass is 35.5. The third-order valence-corrected chi connectivity index (χ3v) is 1.32. The summed E-state index contributed by atoms with van der Waals surface area (Å²) in [5, 5.41) is 14.0. The highest BCUT2D eigenvalue weighted by Gasteiger charge is 2.15. The molecule has 6 heteroatoms. The minimum atomic E-state index is -0.128. The Labute approximate surface area is 67.0 Å². The number of aromatic nitrogens is 1. The molecule has 0 saturated carbocycles. The molecule has 0 aliphatic heterocycles. The van der Waals surface area contributed by atoms with Gasteiger partial charge in [0.15, 0.2) is 0 Å². The Morgan fingerprint density at radius 2 is 2.45 bits per heavy atom. The highest BCUT2D eigenvalue weighted by molar-refractivity contribution is 6.32. The van der Waals surface area contributed by atoms with Crippen LogP contribution in [0.15, 0.2) is 23.4 Å². The first-order valence-electron chi connectivity index (χ1n) is 2.68. The summed E-state index contributed by atoms with van der Waals surface area (Å²) in [5.41, 5.74) is 8.02. The highest BCUT2D eigenvalue weighted by Crippen LogP contribution is 2.18. The van der Waals surface area contributed by atoms with Gasteiger partial charge in [-0.25, -0.2) is 4.73 Å². The van der Waals surface area contributed by atoms with Crippen LogP contribution in [0.5, 0.6) is 0 Å². The molecule has 1 rings (SSSR count). The van der Waals surface area contributed by atoms with E-state index in [1.807, 2.05) is 0 Å². The number of hydrogen-bond acceptors (Lipinski definition) is 2. The van der Waals surface area contributed by atoms with Crippen LogP contribution in [0.4, 0.5) is 5.82 Å². The van der Waals surface area contributed by atoms with Crippen LogP contribution in [0.25, 0.3) is 10.4 Å². The number of azide groups is 1. The Balaban J connectivity index is 3.31. The van der Waals surface area contributed by atoms with Crippen LogP contribution in [-0.2, 0) is 0 Å². The van der Waals surface area contributed by atoms with E-state index in [1.54, 1.807) is 0 Å². The summed E-state index contributed by atoms with van der Waals surface area (Å²) in [5.74, 6) is -0.128. The monoisotopic (exact) mass is 170 g/mol. The third-order valence-electron chi connectivity index (χ3n) is 1.03. The fourth-order valence-electron chi connectivity index (χ4n) is 0.590. The molecule has 5 nitrogen and oxygen atoms in total. The zero-order valence-electron chi connectivity index (χ0n) is 5.31. The van der Waals surface area contributed by atoms with Crippen molar-refractivity contribution in [2.75, 3.05) is 0 Å². The maximum atomic E-state index is 10.8. The molecule has 0 radical (unpaired) electrons. The van der Waals surface area contributed by atoms with Gasteiger partial charge in [-0.3, -0.25) is 0 Å². The Hall–Kier alpha value is -1.45. The summed E-state index contributed by atoms with van der Waals surface area (Å²) in [4.78, 5) is 2.45. The molecule has 0 amide bonds. The fraction of sp³-hybridized carbons (Fsp3) is 0. The van der Waals surface area contributed by atoms with Crippen LogP contribution in [0.1, 0.15) is 0 Å². The molecular formula is C5H3ClN4O. The van der Waals surface area contributed by atoms with Gasteiger partial charge >= 0.3 is 10.9 Å². The summed E-state index contributed by atoms with van der Waals surface area (Å²) in [6.07, 6.45) is 1.20. The van der Waals surface area contributed by atoms with E-state index >= 15 is 0 Å². The van der Waals surface area contributed by atoms with Gasteiger partial charge in [-0.15, -0.1) is 0 Å². The lowest BCUT2D eigenvalue weighted by molar-refractivity contribution is -0.591. The Kier molecular flexibility index (Phi) is 2.15. The van der Waals surface area contributed by atoms with Crippen molar-refractivity contribution in [2.45, 2.75) is 0 Å². The van der Waals surface area contributed by atoms with Gasteiger partial charge in [0.05, 0.1) is 6.20 Å². The third kappa shape index (κ3) is 1.52. The maximum absolute atomic E-state index is 10.8. The Morgan fingerprint density at radius 1 is 1.73 bits per heavy atom. The first kappa shape index (κ1) is 7.65. The van der Waals surface area contributed by atoms with E-state index in [4.69, 9.17) is 17.1 Å². The Morgan fingerprint density at radius 3 is 3.00 bits per heavy atom. The second kappa shape index (κ2) is 3.09. The van der Waals surface area contributed by atoms with Crippen molar-refractivity contribution in [2.24, 2.45) is 5.11 Å². The maximum Gasteiger partial charge on any atom is 0.438 e. The number of pyridine rings is 1. The Bertz CT molecular complexity index is 300. The van der Waals surface area contributed by atoms with Crippen LogP contribution in [0, 0.1) is 5.21 Å². The van der Waals surface area contributed by atoms with Crippen LogP contribution in [0.2, 0.25) is 5.02 Å². The minimum Gasteiger partial charge on any atom is -0.710 e. The van der Waals surface area contributed by atoms with E-state index < -0.39 is 0 Å². The first-order chi connectivity index (χ1) is 5.25. The van der Waals surface area contributed by atoms with E-state index in [9.17, 15) is 5.21 Å². The summed E-state index contributed by atoms with van der Waals surface area (Å²) in [6, 6.07) is 2.94. The molecule has 0 aliphatic carbocycles. The topological polar surface area (TPSA) is 75.7 Å². The van der Waals surface area contributed by atoms with Gasteiger partial charge in [0.25, 0.3) is 0 Å². The zero-order valence-corrected chi connectivity index (χ0v) is 6.06. The van der Waals surface area contributed by atoms with Crippen molar-refractivity contribution in [3.05, 3.63) is 39.0 Å². The molecule has 1 heterocycles. The SMILES string of the molecule is [N-]=[N+]=Nc1c(Cl)ccc[n+]1[O-]. The first-order valence-corrected chi connectivity index (χ1v) is 3.06. The molecule has 0 bridgehead atoms. The summed E-state index contributed by atoms with van der Waals surface area (Å²) in [6.45, 7) is 0. The molecular weight excluding hydrogens is 168 g/mol. The van der Waals surface area contributed by atoms with Crippen molar-refractivity contribution in [1.29, 1.82) is 0 Å². The number of nitrogens with zero attached hydrogens (tertiary/aromatic N) is 4. The molecule has 0 aliphatic rings. The normalized spacial score (nSPS) is 8.82. The number of halogens is 1. The summed E-state index contributed by atoms with van der Waals surface area (Å²) in [7, 11) is 0. The van der Waals surface area contributed by atoms with Gasteiger partial charge in [-0.05, 0) is 12.1 Å². The number of rotatable bonds is 1. The lowest BCUT2D eigenvalue weighted by atomic mass is 10.5. The van der Waals surface area contributed by atoms with Crippen molar-refractivity contribution in [1.82, 2.24) is 0 Å². The molecule has 1 aromatic heterocycles. The van der Waals surface area contributed by atoms with Crippen molar-refractivity contribution in [3.63, 3.8) is 0 Å². The average molecular weight is 171 g/mol. The van der Waals surface area contributed by atoms with Crippen LogP contribution >= 0.6 is 11.6 Å². The molecule has 0 unspecified atom stereocenters. The predicted octanol–water partition coefficient (Wildman–Crippen LogP) is 1.92. The standard InChI is InChI=1S/C5H3ClN4O/c6-4-2-1-3-10(11)5(4)8-9-7/h1-3H. The largest absolute Gasteiger partial charge is 0.710 e. The second-order valence-electron chi connectivity index (χ2n) is 1.69. The molecule has 0 fully saturated rings. The molecule has 56 valence electrons. The molecule has 0 atom stereocenters. The lowest BCUT2D eigenvalue weighted by Crippen LogP contribution is -2.25. The van der Waals surface area contributed by atoms with E-state index in [2.05, 4.69) is 10.0 Å². The van der Waals surface area contributed by atoms with E-state index in [-0.39, 0.29) is 10.8 Å². The molecule has 0 N–H and O–H groups in total. The average Bonchev–Trinajstić information content (AvgIpc) is 1.97. The van der Waals surface area contributed by atoms with Crippen molar-refractivity contribution >= 4 is 17.4 Å². The molecule has 0 aromatic carbocycles. The van der Waals surface area contributed by atoms with Crippen LogP contribution < -0.4 is 4.73 Å². The van der Waals surface area contributed by atoms with Gasteiger partial charge in [-0.2, -0.15) is 0 Å². The number of hydrogen-bond donors (Lipinski definition) is 0. The van der Waals surface area contributed by atoms with E-state index in [0.717, 1.165) is 0 Å². The molecule has 0 saturated heterocycles. The van der Waals surface area contributed by atoms with Gasteiger partial charge in [0.2, 0.25) is 4.91 Å². The van der Waals surface area contributed by atoms with Crippen molar-refractivity contribution in [3.8, 4) is 0 Å². The van der Waals surface area contributed by atoms with Crippen LogP contribution in [-0.4, -0.2) is 0 Å². The lowest BCUT2D eigenvalue weighted by Gasteiger charge is -1.98. The van der Waals surface area contributed by atoms with Crippen molar-refractivity contribution < 1.29 is 4.73 Å². The van der Waals surface area contributed by atoms with Gasteiger partial charge in [0.1, 0.15) is 5.02 Å². The van der Waals surface area contributed by atoms with Gasteiger partial charge in [0, 0.05) is 5.53 Å². The van der Waals surface area contributed by atoms with Crippen LogP contribution in [0.3, 0.4) is 0 Å². The summed E-state index contributed by atoms with van der Waals surface area (Å²) >= 11 is 5.52. The summed E-state index contributed by atoms with van der Waals surface area (Å²) < 4.78 is 0.405. The quantitative estimate of drug-likeness (QED) is 0.209. The fourth-order valence-corrected chi connectivity index (χ4v) is 0.784. The molecule has 1 aromatic rings. The second-order valence-corrected chi connectivity index (χ2v) is 2.10. The van der Waals surface area contributed by atoms with E-state index in [1.165, 1.54) is 18.3 Å². The van der Waals surface area contributed by atoms with Gasteiger partial charge < -0.3 is 5.21 Å². The zero-order chi connectivity index (χ0) is 8.27. The minimum absolute atomic E-state index is 0.128. The van der Waals surface area contributed by atoms with Gasteiger partial charge in [-0.1, -0.05) is 11.6 Å². The van der Waals surface area contributed by atoms with E-state index in [0.29, 0.717) is 4.73 Å². The smallest absolute Gasteiger partial charge is 0.438 e. The predicted molar refractivity (Wildman–Crippen MR) is 39.2 cm³/mol. The molecule has 11 heavy (non-hydrogen) atoms.